The van der Waals surface area contributed by atoms with Gasteiger partial charge in [-0.3, -0.25) is 4.99 Å². The van der Waals surface area contributed by atoms with Crippen molar-refractivity contribution in [3.8, 4) is 5.75 Å². The first-order chi connectivity index (χ1) is 10.7. The number of nitrogens with zero attached hydrogens (tertiary/aromatic N) is 3. The zero-order valence-corrected chi connectivity index (χ0v) is 13.2. The SMILES string of the molecule is CCCCCN=C(N)N=NCc1c[nH]c2ccc(OC)cc12. The number of aromatic amines is 1. The molecule has 0 saturated heterocycles. The molecule has 0 atom stereocenters. The highest BCUT2D eigenvalue weighted by Gasteiger charge is 2.04. The number of hydrogen-bond donors (Lipinski definition) is 2. The van der Waals surface area contributed by atoms with Gasteiger partial charge in [-0.2, -0.15) is 5.11 Å². The summed E-state index contributed by atoms with van der Waals surface area (Å²) in [4.78, 5) is 7.38. The number of H-pyrrole nitrogens is 1. The molecule has 0 aliphatic heterocycles. The second kappa shape index (κ2) is 8.17. The van der Waals surface area contributed by atoms with Gasteiger partial charge in [0.1, 0.15) is 5.75 Å². The Morgan fingerprint density at radius 3 is 2.95 bits per heavy atom. The van der Waals surface area contributed by atoms with E-state index in [9.17, 15) is 0 Å². The lowest BCUT2D eigenvalue weighted by Crippen LogP contribution is -2.08. The standard InChI is InChI=1S/C16H23N5O/c1-3-4-5-8-18-16(17)21-20-11-12-10-19-15-7-6-13(22-2)9-14(12)15/h6-7,9-10,19H,3-5,8,11H2,1-2H3,(H2,17,18). The third-order valence-electron chi connectivity index (χ3n) is 3.42. The van der Waals surface area contributed by atoms with Crippen LogP contribution in [0.2, 0.25) is 0 Å². The van der Waals surface area contributed by atoms with Crippen LogP contribution < -0.4 is 10.5 Å². The second-order valence-electron chi connectivity index (χ2n) is 5.07. The van der Waals surface area contributed by atoms with Gasteiger partial charge in [-0.15, -0.1) is 5.11 Å². The van der Waals surface area contributed by atoms with E-state index in [1.807, 2.05) is 24.4 Å². The quantitative estimate of drug-likeness (QED) is 0.354. The lowest BCUT2D eigenvalue weighted by atomic mass is 10.1. The van der Waals surface area contributed by atoms with Gasteiger partial charge in [-0.1, -0.05) is 19.8 Å². The molecule has 0 spiro atoms. The fraction of sp³-hybridized carbons (Fsp3) is 0.438. The third-order valence-corrected chi connectivity index (χ3v) is 3.42. The number of azo groups is 1. The number of ether oxygens (including phenoxy) is 1. The zero-order chi connectivity index (χ0) is 15.8. The van der Waals surface area contributed by atoms with Crippen molar-refractivity contribution < 1.29 is 4.74 Å². The number of fused-ring (bicyclic) bond motifs is 1. The molecule has 1 aromatic carbocycles. The van der Waals surface area contributed by atoms with E-state index < -0.39 is 0 Å². The maximum absolute atomic E-state index is 5.72. The molecule has 22 heavy (non-hydrogen) atoms. The van der Waals surface area contributed by atoms with E-state index in [2.05, 4.69) is 27.1 Å². The number of rotatable bonds is 7. The van der Waals surface area contributed by atoms with Gasteiger partial charge < -0.3 is 15.5 Å². The Morgan fingerprint density at radius 2 is 2.18 bits per heavy atom. The van der Waals surface area contributed by atoms with Gasteiger partial charge in [0, 0.05) is 29.2 Å². The molecule has 0 saturated carbocycles. The summed E-state index contributed by atoms with van der Waals surface area (Å²) in [7, 11) is 1.66. The first kappa shape index (κ1) is 16.0. The molecule has 0 aliphatic rings. The van der Waals surface area contributed by atoms with Gasteiger partial charge in [0.15, 0.2) is 0 Å². The number of hydrogen-bond acceptors (Lipinski definition) is 3. The van der Waals surface area contributed by atoms with Gasteiger partial charge in [0.25, 0.3) is 0 Å². The Morgan fingerprint density at radius 1 is 1.32 bits per heavy atom. The summed E-state index contributed by atoms with van der Waals surface area (Å²) >= 11 is 0. The Labute approximate surface area is 130 Å². The fourth-order valence-corrected chi connectivity index (χ4v) is 2.19. The Bertz CT molecular complexity index is 660. The molecule has 0 radical (unpaired) electrons. The van der Waals surface area contributed by atoms with E-state index in [0.717, 1.165) is 35.1 Å². The first-order valence-corrected chi connectivity index (χ1v) is 7.56. The molecule has 2 rings (SSSR count). The van der Waals surface area contributed by atoms with E-state index in [0.29, 0.717) is 13.1 Å². The van der Waals surface area contributed by atoms with Gasteiger partial charge in [-0.25, -0.2) is 0 Å². The molecule has 0 amide bonds. The normalized spacial score (nSPS) is 12.4. The van der Waals surface area contributed by atoms with Crippen LogP contribution in [0.25, 0.3) is 10.9 Å². The van der Waals surface area contributed by atoms with Gasteiger partial charge in [0.05, 0.1) is 13.7 Å². The number of aromatic nitrogens is 1. The van der Waals surface area contributed by atoms with Gasteiger partial charge in [0.2, 0.25) is 5.96 Å². The highest BCUT2D eigenvalue weighted by molar-refractivity contribution is 5.84. The van der Waals surface area contributed by atoms with Crippen molar-refractivity contribution in [2.45, 2.75) is 32.7 Å². The summed E-state index contributed by atoms with van der Waals surface area (Å²) in [6, 6.07) is 5.89. The molecule has 3 N–H and O–H groups in total. The molecule has 2 aromatic rings. The number of unbranched alkanes of at least 4 members (excludes halogenated alkanes) is 2. The molecule has 6 nitrogen and oxygen atoms in total. The average molecular weight is 301 g/mol. The minimum Gasteiger partial charge on any atom is -0.497 e. The maximum atomic E-state index is 5.72. The molecule has 0 unspecified atom stereocenters. The van der Waals surface area contributed by atoms with Crippen molar-refractivity contribution in [2.24, 2.45) is 21.0 Å². The highest BCUT2D eigenvalue weighted by Crippen LogP contribution is 2.24. The lowest BCUT2D eigenvalue weighted by Gasteiger charge is -2.00. The van der Waals surface area contributed by atoms with Crippen molar-refractivity contribution in [1.82, 2.24) is 4.98 Å². The predicted molar refractivity (Wildman–Crippen MR) is 89.4 cm³/mol. The number of aliphatic imine (C=N–C) groups is 1. The smallest absolute Gasteiger partial charge is 0.235 e. The first-order valence-electron chi connectivity index (χ1n) is 7.56. The van der Waals surface area contributed by atoms with Crippen molar-refractivity contribution in [3.63, 3.8) is 0 Å². The number of methoxy groups -OCH3 is 1. The van der Waals surface area contributed by atoms with Crippen molar-refractivity contribution in [3.05, 3.63) is 30.0 Å². The second-order valence-corrected chi connectivity index (χ2v) is 5.07. The summed E-state index contributed by atoms with van der Waals surface area (Å²) in [5.74, 6) is 1.07. The van der Waals surface area contributed by atoms with E-state index >= 15 is 0 Å². The van der Waals surface area contributed by atoms with Crippen molar-refractivity contribution in [2.75, 3.05) is 13.7 Å². The van der Waals surface area contributed by atoms with Crippen molar-refractivity contribution in [1.29, 1.82) is 0 Å². The van der Waals surface area contributed by atoms with Gasteiger partial charge in [-0.05, 0) is 24.6 Å². The van der Waals surface area contributed by atoms with E-state index in [4.69, 9.17) is 10.5 Å². The van der Waals surface area contributed by atoms with E-state index in [1.54, 1.807) is 7.11 Å². The van der Waals surface area contributed by atoms with E-state index in [1.165, 1.54) is 6.42 Å². The third kappa shape index (κ3) is 4.31. The number of benzene rings is 1. The maximum Gasteiger partial charge on any atom is 0.235 e. The molecule has 0 bridgehead atoms. The average Bonchev–Trinajstić information content (AvgIpc) is 2.94. The van der Waals surface area contributed by atoms with Crippen LogP contribution in [0.4, 0.5) is 0 Å². The van der Waals surface area contributed by atoms with Gasteiger partial charge >= 0.3 is 0 Å². The number of nitrogens with one attached hydrogen (secondary N) is 1. The van der Waals surface area contributed by atoms with Crippen LogP contribution in [0.15, 0.2) is 39.6 Å². The number of nitrogens with two attached hydrogens (primary N) is 1. The zero-order valence-electron chi connectivity index (χ0n) is 13.2. The molecule has 118 valence electrons. The molecular formula is C16H23N5O. The summed E-state index contributed by atoms with van der Waals surface area (Å²) in [6.07, 6.45) is 5.29. The predicted octanol–water partition coefficient (Wildman–Crippen LogP) is 3.63. The van der Waals surface area contributed by atoms with Crippen LogP contribution in [-0.4, -0.2) is 24.6 Å². The largest absolute Gasteiger partial charge is 0.497 e. The monoisotopic (exact) mass is 301 g/mol. The molecule has 6 heteroatoms. The Kier molecular flexibility index (Phi) is 5.94. The van der Waals surface area contributed by atoms with E-state index in [-0.39, 0.29) is 5.96 Å². The number of guanidine groups is 1. The fourth-order valence-electron chi connectivity index (χ4n) is 2.19. The minimum absolute atomic E-state index is 0.244. The Balaban J connectivity index is 1.97. The lowest BCUT2D eigenvalue weighted by molar-refractivity contribution is 0.415. The topological polar surface area (TPSA) is 88.1 Å². The summed E-state index contributed by atoms with van der Waals surface area (Å²) < 4.78 is 5.25. The van der Waals surface area contributed by atoms with Crippen LogP contribution in [0, 0.1) is 0 Å². The molecule has 1 aromatic heterocycles. The molecule has 0 aliphatic carbocycles. The van der Waals surface area contributed by atoms with Crippen LogP contribution in [0.5, 0.6) is 5.75 Å². The summed E-state index contributed by atoms with van der Waals surface area (Å²) in [5.41, 5.74) is 7.82. The molecule has 0 fully saturated rings. The van der Waals surface area contributed by atoms with Crippen LogP contribution in [0.1, 0.15) is 31.7 Å². The Hall–Kier alpha value is -2.37. The van der Waals surface area contributed by atoms with Crippen LogP contribution in [0.3, 0.4) is 0 Å². The van der Waals surface area contributed by atoms with Crippen LogP contribution >= 0.6 is 0 Å². The molecular weight excluding hydrogens is 278 g/mol. The van der Waals surface area contributed by atoms with Crippen LogP contribution in [-0.2, 0) is 6.54 Å². The molecule has 1 heterocycles. The van der Waals surface area contributed by atoms with Crippen molar-refractivity contribution >= 4 is 16.9 Å². The summed E-state index contributed by atoms with van der Waals surface area (Å²) in [5, 5.41) is 9.16. The highest BCUT2D eigenvalue weighted by atomic mass is 16.5. The minimum atomic E-state index is 0.244. The summed E-state index contributed by atoms with van der Waals surface area (Å²) in [6.45, 7) is 3.32.